The summed E-state index contributed by atoms with van der Waals surface area (Å²) in [4.78, 5) is 28.0. The van der Waals surface area contributed by atoms with Gasteiger partial charge in [-0.05, 0) is 65.7 Å². The van der Waals surface area contributed by atoms with Gasteiger partial charge in [-0.3, -0.25) is 5.32 Å². The van der Waals surface area contributed by atoms with Crippen molar-refractivity contribution in [3.8, 4) is 5.75 Å². The van der Waals surface area contributed by atoms with E-state index in [0.717, 1.165) is 0 Å². The summed E-state index contributed by atoms with van der Waals surface area (Å²) >= 11 is 0. The number of alkyl carbamates (subject to hydrolysis) is 1. The lowest BCUT2D eigenvalue weighted by Gasteiger charge is -2.21. The third-order valence-corrected chi connectivity index (χ3v) is 3.53. The van der Waals surface area contributed by atoms with Crippen LogP contribution in [0.25, 0.3) is 0 Å². The molecule has 0 aromatic heterocycles. The molecule has 8 nitrogen and oxygen atoms in total. The molecule has 2 amide bonds. The molecule has 2 N–H and O–H groups in total. The summed E-state index contributed by atoms with van der Waals surface area (Å²) < 4.78 is 27.7. The maximum absolute atomic E-state index is 12.2. The standard InChI is InChI=1S/C22H33FN2O6/c1-21(2,3)30-19(27)24-18(25-20(28)31-22(4,5)6)12-11-17(26)15-7-9-16(10-8-15)29-14-13-23/h7-10,17,26H,11-14H2,1-6H3,(H,24,25,27,28). The number of benzene rings is 1. The molecule has 0 bridgehead atoms. The average Bonchev–Trinajstić information content (AvgIpc) is 2.61. The number of halogens is 1. The van der Waals surface area contributed by atoms with Crippen LogP contribution in [0.2, 0.25) is 0 Å². The summed E-state index contributed by atoms with van der Waals surface area (Å²) in [7, 11) is 0. The van der Waals surface area contributed by atoms with E-state index in [4.69, 9.17) is 14.2 Å². The number of hydrogen-bond acceptors (Lipinski definition) is 6. The van der Waals surface area contributed by atoms with Crippen LogP contribution >= 0.6 is 0 Å². The van der Waals surface area contributed by atoms with Gasteiger partial charge >= 0.3 is 12.2 Å². The molecule has 0 saturated carbocycles. The van der Waals surface area contributed by atoms with Gasteiger partial charge < -0.3 is 19.3 Å². The number of rotatable bonds is 7. The zero-order valence-corrected chi connectivity index (χ0v) is 19.0. The molecule has 31 heavy (non-hydrogen) atoms. The first-order chi connectivity index (χ1) is 14.3. The van der Waals surface area contributed by atoms with Crippen LogP contribution in [0.3, 0.4) is 0 Å². The lowest BCUT2D eigenvalue weighted by Crippen LogP contribution is -2.37. The van der Waals surface area contributed by atoms with Crippen LogP contribution in [0, 0.1) is 0 Å². The van der Waals surface area contributed by atoms with E-state index < -0.39 is 36.2 Å². The van der Waals surface area contributed by atoms with Crippen LogP contribution in [0.5, 0.6) is 5.75 Å². The first-order valence-electron chi connectivity index (χ1n) is 10.1. The number of amidine groups is 1. The molecule has 0 aliphatic carbocycles. The molecule has 0 aliphatic rings. The fraction of sp³-hybridized carbons (Fsp3) is 0.591. The fourth-order valence-corrected chi connectivity index (χ4v) is 2.35. The van der Waals surface area contributed by atoms with Gasteiger partial charge in [-0.1, -0.05) is 12.1 Å². The number of nitrogens with zero attached hydrogens (tertiary/aromatic N) is 1. The van der Waals surface area contributed by atoms with E-state index in [1.54, 1.807) is 65.8 Å². The largest absolute Gasteiger partial charge is 0.491 e. The number of carbonyl (C=O) groups excluding carboxylic acids is 2. The van der Waals surface area contributed by atoms with Gasteiger partial charge in [0.25, 0.3) is 0 Å². The highest BCUT2D eigenvalue weighted by molar-refractivity contribution is 6.00. The Morgan fingerprint density at radius 2 is 1.65 bits per heavy atom. The molecule has 1 atom stereocenters. The molecule has 0 heterocycles. The Labute approximate surface area is 182 Å². The number of nitrogens with one attached hydrogen (secondary N) is 1. The Morgan fingerprint density at radius 1 is 1.06 bits per heavy atom. The van der Waals surface area contributed by atoms with Crippen LogP contribution < -0.4 is 10.1 Å². The Balaban J connectivity index is 2.83. The van der Waals surface area contributed by atoms with Crippen LogP contribution in [-0.4, -0.2) is 47.6 Å². The number of aliphatic imine (C=N–C) groups is 1. The monoisotopic (exact) mass is 440 g/mol. The highest BCUT2D eigenvalue weighted by Gasteiger charge is 2.21. The number of carbonyl (C=O) groups is 2. The first-order valence-corrected chi connectivity index (χ1v) is 10.1. The van der Waals surface area contributed by atoms with Gasteiger partial charge in [-0.15, -0.1) is 0 Å². The normalized spacial score (nSPS) is 13.4. The second kappa shape index (κ2) is 11.6. The Bertz CT molecular complexity index is 751. The van der Waals surface area contributed by atoms with Gasteiger partial charge in [0.2, 0.25) is 0 Å². The Hall–Kier alpha value is -2.68. The van der Waals surface area contributed by atoms with Crippen LogP contribution in [0.15, 0.2) is 29.3 Å². The summed E-state index contributed by atoms with van der Waals surface area (Å²) in [6, 6.07) is 6.57. The molecule has 1 rings (SSSR count). The Kier molecular flexibility index (Phi) is 9.90. The van der Waals surface area contributed by atoms with Gasteiger partial charge in [0.15, 0.2) is 0 Å². The highest BCUT2D eigenvalue weighted by Crippen LogP contribution is 2.22. The maximum Gasteiger partial charge on any atom is 0.435 e. The molecule has 0 spiro atoms. The SMILES string of the molecule is CC(C)(C)OC(=O)N=C(CCC(O)c1ccc(OCCF)cc1)NC(=O)OC(C)(C)C. The second-order valence-electron chi connectivity index (χ2n) is 8.83. The van der Waals surface area contributed by atoms with Gasteiger partial charge in [-0.25, -0.2) is 14.0 Å². The molecule has 0 fully saturated rings. The van der Waals surface area contributed by atoms with Crippen molar-refractivity contribution in [2.24, 2.45) is 4.99 Å². The summed E-state index contributed by atoms with van der Waals surface area (Å²) in [5.41, 5.74) is -0.878. The van der Waals surface area contributed by atoms with Crippen molar-refractivity contribution < 1.29 is 33.3 Å². The average molecular weight is 441 g/mol. The van der Waals surface area contributed by atoms with E-state index in [2.05, 4.69) is 10.3 Å². The van der Waals surface area contributed by atoms with E-state index in [1.807, 2.05) is 0 Å². The highest BCUT2D eigenvalue weighted by atomic mass is 19.1. The molecule has 1 unspecified atom stereocenters. The van der Waals surface area contributed by atoms with Crippen molar-refractivity contribution >= 4 is 18.0 Å². The number of ether oxygens (including phenoxy) is 3. The minimum Gasteiger partial charge on any atom is -0.491 e. The van der Waals surface area contributed by atoms with E-state index in [9.17, 15) is 19.1 Å². The summed E-state index contributed by atoms with van der Waals surface area (Å²) in [6.07, 6.45) is -2.26. The smallest absolute Gasteiger partial charge is 0.435 e. The number of aliphatic hydroxyl groups excluding tert-OH is 1. The molecule has 174 valence electrons. The number of amides is 2. The van der Waals surface area contributed by atoms with Crippen LogP contribution in [0.1, 0.15) is 66.1 Å². The van der Waals surface area contributed by atoms with Crippen molar-refractivity contribution in [2.75, 3.05) is 13.3 Å². The van der Waals surface area contributed by atoms with Crippen molar-refractivity contribution in [1.29, 1.82) is 0 Å². The second-order valence-corrected chi connectivity index (χ2v) is 8.83. The summed E-state index contributed by atoms with van der Waals surface area (Å²) in [6.45, 7) is 9.60. The topological polar surface area (TPSA) is 106 Å². The first kappa shape index (κ1) is 26.4. The Morgan fingerprint density at radius 3 is 2.16 bits per heavy atom. The third-order valence-electron chi connectivity index (χ3n) is 3.53. The third kappa shape index (κ3) is 11.9. The van der Waals surface area contributed by atoms with Gasteiger partial charge in [0, 0.05) is 6.42 Å². The van der Waals surface area contributed by atoms with E-state index in [0.29, 0.717) is 11.3 Å². The minimum atomic E-state index is -0.889. The molecule has 0 saturated heterocycles. The van der Waals surface area contributed by atoms with Crippen LogP contribution in [0.4, 0.5) is 14.0 Å². The predicted molar refractivity (Wildman–Crippen MR) is 115 cm³/mol. The number of alkyl halides is 1. The van der Waals surface area contributed by atoms with Gasteiger partial charge in [-0.2, -0.15) is 4.99 Å². The minimum absolute atomic E-state index is 0.0189. The van der Waals surface area contributed by atoms with Gasteiger partial charge in [0.05, 0.1) is 6.10 Å². The molecule has 1 aromatic rings. The van der Waals surface area contributed by atoms with Gasteiger partial charge in [0.1, 0.15) is 36.1 Å². The fourth-order valence-electron chi connectivity index (χ4n) is 2.35. The van der Waals surface area contributed by atoms with Crippen molar-refractivity contribution in [1.82, 2.24) is 5.32 Å². The van der Waals surface area contributed by atoms with Crippen molar-refractivity contribution in [2.45, 2.75) is 71.7 Å². The van der Waals surface area contributed by atoms with E-state index >= 15 is 0 Å². The zero-order chi connectivity index (χ0) is 23.7. The molecule has 0 aliphatic heterocycles. The van der Waals surface area contributed by atoms with E-state index in [-0.39, 0.29) is 25.3 Å². The lowest BCUT2D eigenvalue weighted by molar-refractivity contribution is 0.0560. The molecular weight excluding hydrogens is 407 g/mol. The molecule has 1 aromatic carbocycles. The van der Waals surface area contributed by atoms with Crippen molar-refractivity contribution in [3.05, 3.63) is 29.8 Å². The molecule has 9 heteroatoms. The predicted octanol–water partition coefficient (Wildman–Crippen LogP) is 4.71. The molecular formula is C22H33FN2O6. The summed E-state index contributed by atoms with van der Waals surface area (Å²) in [5.74, 6) is 0.512. The maximum atomic E-state index is 12.2. The lowest BCUT2D eigenvalue weighted by atomic mass is 10.0. The number of aliphatic hydroxyl groups is 1. The quantitative estimate of drug-likeness (QED) is 0.470. The van der Waals surface area contributed by atoms with Crippen molar-refractivity contribution in [3.63, 3.8) is 0 Å². The number of hydrogen-bond donors (Lipinski definition) is 2. The summed E-state index contributed by atoms with van der Waals surface area (Å²) in [5, 5.41) is 12.9. The van der Waals surface area contributed by atoms with Crippen LogP contribution in [-0.2, 0) is 9.47 Å². The zero-order valence-electron chi connectivity index (χ0n) is 19.0. The molecule has 0 radical (unpaired) electrons. The van der Waals surface area contributed by atoms with E-state index in [1.165, 1.54) is 0 Å².